The third kappa shape index (κ3) is 3.09. The molecule has 136 valence electrons. The first kappa shape index (κ1) is 16.8. The molecule has 2 aliphatic rings. The van der Waals surface area contributed by atoms with Crippen molar-refractivity contribution in [1.29, 1.82) is 0 Å². The van der Waals surface area contributed by atoms with Gasteiger partial charge in [0.1, 0.15) is 19.0 Å². The number of benzene rings is 2. The van der Waals surface area contributed by atoms with Gasteiger partial charge in [-0.05, 0) is 54.3 Å². The molecule has 0 fully saturated rings. The van der Waals surface area contributed by atoms with Crippen molar-refractivity contribution in [3.05, 3.63) is 53.1 Å². The maximum Gasteiger partial charge on any atom is 0.227 e. The molecule has 0 saturated heterocycles. The molecule has 0 aliphatic carbocycles. The fourth-order valence-electron chi connectivity index (χ4n) is 3.73. The van der Waals surface area contributed by atoms with Crippen LogP contribution in [0.2, 0.25) is 0 Å². The predicted octanol–water partition coefficient (Wildman–Crippen LogP) is 3.15. The van der Waals surface area contributed by atoms with Crippen molar-refractivity contribution < 1.29 is 19.0 Å². The topological polar surface area (TPSA) is 48.0 Å². The third-order valence-corrected chi connectivity index (χ3v) is 5.17. The van der Waals surface area contributed by atoms with Crippen molar-refractivity contribution in [2.24, 2.45) is 0 Å². The number of fused-ring (bicyclic) bond motifs is 2. The molecule has 1 atom stereocenters. The summed E-state index contributed by atoms with van der Waals surface area (Å²) in [5.41, 5.74) is 3.41. The van der Waals surface area contributed by atoms with Crippen LogP contribution in [-0.4, -0.2) is 37.7 Å². The van der Waals surface area contributed by atoms with E-state index >= 15 is 0 Å². The smallest absolute Gasteiger partial charge is 0.227 e. The highest BCUT2D eigenvalue weighted by atomic mass is 16.6. The van der Waals surface area contributed by atoms with Crippen LogP contribution < -0.4 is 14.2 Å². The van der Waals surface area contributed by atoms with Gasteiger partial charge in [-0.2, -0.15) is 0 Å². The maximum absolute atomic E-state index is 12.9. The van der Waals surface area contributed by atoms with Crippen LogP contribution in [0.5, 0.6) is 17.2 Å². The van der Waals surface area contributed by atoms with E-state index in [0.29, 0.717) is 19.6 Å². The van der Waals surface area contributed by atoms with E-state index in [4.69, 9.17) is 14.2 Å². The zero-order valence-corrected chi connectivity index (χ0v) is 15.2. The zero-order valence-electron chi connectivity index (χ0n) is 15.2. The molecule has 0 saturated carbocycles. The molecule has 2 aromatic rings. The SMILES string of the molecule is COc1ccc2c(c1)C(C)N(C(=O)Cc1ccc3c(c1)OCCO3)CC2. The minimum atomic E-state index is 0.0403. The van der Waals surface area contributed by atoms with E-state index < -0.39 is 0 Å². The summed E-state index contributed by atoms with van der Waals surface area (Å²) < 4.78 is 16.5. The summed E-state index contributed by atoms with van der Waals surface area (Å²) in [6.07, 6.45) is 1.23. The van der Waals surface area contributed by atoms with Gasteiger partial charge in [0.25, 0.3) is 0 Å². The fourth-order valence-corrected chi connectivity index (χ4v) is 3.73. The molecular formula is C21H23NO4. The highest BCUT2D eigenvalue weighted by Gasteiger charge is 2.28. The Morgan fingerprint density at radius 1 is 1.15 bits per heavy atom. The number of carbonyl (C=O) groups is 1. The lowest BCUT2D eigenvalue weighted by molar-refractivity contribution is -0.133. The van der Waals surface area contributed by atoms with Gasteiger partial charge in [0, 0.05) is 6.54 Å². The molecular weight excluding hydrogens is 330 g/mol. The van der Waals surface area contributed by atoms with Crippen molar-refractivity contribution in [2.75, 3.05) is 26.9 Å². The summed E-state index contributed by atoms with van der Waals surface area (Å²) in [6.45, 7) is 3.94. The van der Waals surface area contributed by atoms with E-state index in [1.54, 1.807) is 7.11 Å². The maximum atomic E-state index is 12.9. The van der Waals surface area contributed by atoms with Gasteiger partial charge in [-0.3, -0.25) is 4.79 Å². The largest absolute Gasteiger partial charge is 0.497 e. The summed E-state index contributed by atoms with van der Waals surface area (Å²) in [7, 11) is 1.67. The normalized spacial score (nSPS) is 18.2. The van der Waals surface area contributed by atoms with Crippen LogP contribution in [0.15, 0.2) is 36.4 Å². The van der Waals surface area contributed by atoms with Crippen LogP contribution >= 0.6 is 0 Å². The molecule has 1 unspecified atom stereocenters. The standard InChI is InChI=1S/C21H23NO4/c1-14-18-13-17(24-2)5-4-16(18)7-8-22(14)21(23)12-15-3-6-19-20(11-15)26-10-9-25-19/h3-6,11,13-14H,7-10,12H2,1-2H3. The molecule has 0 spiro atoms. The summed E-state index contributed by atoms with van der Waals surface area (Å²) in [4.78, 5) is 14.9. The lowest BCUT2D eigenvalue weighted by atomic mass is 9.92. The Balaban J connectivity index is 1.51. The molecule has 0 radical (unpaired) electrons. The van der Waals surface area contributed by atoms with Gasteiger partial charge in [0.05, 0.1) is 19.6 Å². The monoisotopic (exact) mass is 353 g/mol. The Bertz CT molecular complexity index is 833. The van der Waals surface area contributed by atoms with Gasteiger partial charge < -0.3 is 19.1 Å². The molecule has 0 N–H and O–H groups in total. The summed E-state index contributed by atoms with van der Waals surface area (Å²) in [5, 5.41) is 0. The van der Waals surface area contributed by atoms with Gasteiger partial charge in [-0.1, -0.05) is 12.1 Å². The van der Waals surface area contributed by atoms with E-state index in [-0.39, 0.29) is 11.9 Å². The van der Waals surface area contributed by atoms with E-state index in [1.165, 1.54) is 11.1 Å². The molecule has 5 nitrogen and oxygen atoms in total. The fraction of sp³-hybridized carbons (Fsp3) is 0.381. The van der Waals surface area contributed by atoms with E-state index in [1.807, 2.05) is 35.2 Å². The first-order valence-electron chi connectivity index (χ1n) is 9.00. The Morgan fingerprint density at radius 2 is 1.96 bits per heavy atom. The highest BCUT2D eigenvalue weighted by Crippen LogP contribution is 2.34. The second-order valence-corrected chi connectivity index (χ2v) is 6.73. The number of nitrogens with zero attached hydrogens (tertiary/aromatic N) is 1. The average Bonchev–Trinajstić information content (AvgIpc) is 2.68. The summed E-state index contributed by atoms with van der Waals surface area (Å²) >= 11 is 0. The quantitative estimate of drug-likeness (QED) is 0.850. The van der Waals surface area contributed by atoms with Gasteiger partial charge in [-0.25, -0.2) is 0 Å². The number of hydrogen-bond donors (Lipinski definition) is 0. The molecule has 5 heteroatoms. The Morgan fingerprint density at radius 3 is 2.77 bits per heavy atom. The van der Waals surface area contributed by atoms with Crippen LogP contribution in [0.25, 0.3) is 0 Å². The van der Waals surface area contributed by atoms with Crippen LogP contribution in [0.3, 0.4) is 0 Å². The molecule has 26 heavy (non-hydrogen) atoms. The van der Waals surface area contributed by atoms with E-state index in [0.717, 1.165) is 35.8 Å². The van der Waals surface area contributed by atoms with Crippen LogP contribution in [-0.2, 0) is 17.6 Å². The molecule has 0 bridgehead atoms. The summed E-state index contributed by atoms with van der Waals surface area (Å²) in [5.74, 6) is 2.43. The Hall–Kier alpha value is -2.69. The first-order valence-corrected chi connectivity index (χ1v) is 9.00. The van der Waals surface area contributed by atoms with E-state index in [9.17, 15) is 4.79 Å². The van der Waals surface area contributed by atoms with E-state index in [2.05, 4.69) is 13.0 Å². The van der Waals surface area contributed by atoms with Crippen LogP contribution in [0.4, 0.5) is 0 Å². The lowest BCUT2D eigenvalue weighted by Gasteiger charge is -2.35. The number of rotatable bonds is 3. The van der Waals surface area contributed by atoms with Crippen LogP contribution in [0.1, 0.15) is 29.7 Å². The molecule has 2 aliphatic heterocycles. The number of carbonyl (C=O) groups excluding carboxylic acids is 1. The lowest BCUT2D eigenvalue weighted by Crippen LogP contribution is -2.39. The molecule has 4 rings (SSSR count). The number of methoxy groups -OCH3 is 1. The van der Waals surface area contributed by atoms with Crippen molar-refractivity contribution in [3.63, 3.8) is 0 Å². The first-order chi connectivity index (χ1) is 12.7. The van der Waals surface area contributed by atoms with Crippen molar-refractivity contribution >= 4 is 5.91 Å². The van der Waals surface area contributed by atoms with Gasteiger partial charge in [-0.15, -0.1) is 0 Å². The van der Waals surface area contributed by atoms with Gasteiger partial charge in [0.15, 0.2) is 11.5 Å². The van der Waals surface area contributed by atoms with Crippen LogP contribution in [0, 0.1) is 0 Å². The summed E-state index contributed by atoms with van der Waals surface area (Å²) in [6, 6.07) is 11.9. The highest BCUT2D eigenvalue weighted by molar-refractivity contribution is 5.80. The van der Waals surface area contributed by atoms with Gasteiger partial charge >= 0.3 is 0 Å². The second-order valence-electron chi connectivity index (χ2n) is 6.73. The van der Waals surface area contributed by atoms with Crippen molar-refractivity contribution in [1.82, 2.24) is 4.90 Å². The predicted molar refractivity (Wildman–Crippen MR) is 98.0 cm³/mol. The van der Waals surface area contributed by atoms with Gasteiger partial charge in [0.2, 0.25) is 5.91 Å². The average molecular weight is 353 g/mol. The minimum Gasteiger partial charge on any atom is -0.497 e. The molecule has 1 amide bonds. The van der Waals surface area contributed by atoms with Crippen molar-refractivity contribution in [2.45, 2.75) is 25.8 Å². The molecule has 0 aromatic heterocycles. The number of hydrogen-bond acceptors (Lipinski definition) is 4. The number of amides is 1. The van der Waals surface area contributed by atoms with Crippen molar-refractivity contribution in [3.8, 4) is 17.2 Å². The third-order valence-electron chi connectivity index (χ3n) is 5.17. The Labute approximate surface area is 153 Å². The molecule has 2 aromatic carbocycles. The minimum absolute atomic E-state index is 0.0403. The zero-order chi connectivity index (χ0) is 18.1. The number of ether oxygens (including phenoxy) is 3. The Kier molecular flexibility index (Phi) is 4.45. The molecule has 2 heterocycles. The second kappa shape index (κ2) is 6.90.